The smallest absolute Gasteiger partial charge is 0.336 e. The van der Waals surface area contributed by atoms with E-state index >= 15 is 0 Å². The van der Waals surface area contributed by atoms with E-state index in [9.17, 15) is 15.0 Å². The van der Waals surface area contributed by atoms with Crippen molar-refractivity contribution in [3.63, 3.8) is 0 Å². The van der Waals surface area contributed by atoms with Crippen LogP contribution < -0.4 is 16.0 Å². The predicted molar refractivity (Wildman–Crippen MR) is 114 cm³/mol. The Hall–Kier alpha value is -2.81. The van der Waals surface area contributed by atoms with E-state index in [1.165, 1.54) is 13.0 Å². The number of aliphatic hydroxyl groups is 2. The Morgan fingerprint density at radius 1 is 1.21 bits per heavy atom. The second-order valence-electron chi connectivity index (χ2n) is 7.20. The number of aliphatic hydroxyl groups excluding tert-OH is 2. The molecule has 2 aromatic rings. The minimum Gasteiger partial charge on any atom is -0.478 e. The second kappa shape index (κ2) is 9.13. The van der Waals surface area contributed by atoms with Crippen LogP contribution in [0.3, 0.4) is 0 Å². The molecular weight excluding hydrogens is 372 g/mol. The van der Waals surface area contributed by atoms with Crippen LogP contribution in [0.5, 0.6) is 0 Å². The highest BCUT2D eigenvalue weighted by molar-refractivity contribution is 5.94. The molecule has 2 aromatic carbocycles. The number of nitrogens with zero attached hydrogens (tertiary/aromatic N) is 2. The van der Waals surface area contributed by atoms with E-state index in [0.717, 1.165) is 37.6 Å². The SMILES string of the molecule is CC(O)c1c(C(=O)O)ccc(Nc2cccc(N3CCN(CCO)CC3)c2)c1N. The molecule has 8 heteroatoms. The first-order valence-corrected chi connectivity index (χ1v) is 9.69. The van der Waals surface area contributed by atoms with Gasteiger partial charge in [-0.1, -0.05) is 6.07 Å². The number of carboxylic acids is 1. The zero-order chi connectivity index (χ0) is 21.0. The predicted octanol–water partition coefficient (Wildman–Crippen LogP) is 1.88. The van der Waals surface area contributed by atoms with Crippen molar-refractivity contribution >= 4 is 28.7 Å². The molecule has 0 aliphatic carbocycles. The summed E-state index contributed by atoms with van der Waals surface area (Å²) >= 11 is 0. The van der Waals surface area contributed by atoms with Gasteiger partial charge in [-0.25, -0.2) is 4.79 Å². The molecule has 0 amide bonds. The van der Waals surface area contributed by atoms with Crippen molar-refractivity contribution in [2.45, 2.75) is 13.0 Å². The summed E-state index contributed by atoms with van der Waals surface area (Å²) < 4.78 is 0. The van der Waals surface area contributed by atoms with Crippen LogP contribution in [0.1, 0.15) is 28.9 Å². The lowest BCUT2D eigenvalue weighted by molar-refractivity contribution is 0.0690. The minimum absolute atomic E-state index is 0.00227. The fourth-order valence-corrected chi connectivity index (χ4v) is 3.69. The highest BCUT2D eigenvalue weighted by atomic mass is 16.4. The Morgan fingerprint density at radius 2 is 1.93 bits per heavy atom. The number of nitrogens with two attached hydrogens (primary N) is 1. The summed E-state index contributed by atoms with van der Waals surface area (Å²) in [5.41, 5.74) is 9.06. The number of anilines is 4. The van der Waals surface area contributed by atoms with Crippen molar-refractivity contribution in [3.8, 4) is 0 Å². The number of nitrogen functional groups attached to an aromatic ring is 1. The Labute approximate surface area is 170 Å². The number of rotatable bonds is 7. The monoisotopic (exact) mass is 400 g/mol. The molecule has 6 N–H and O–H groups in total. The van der Waals surface area contributed by atoms with Gasteiger partial charge in [-0.3, -0.25) is 4.90 Å². The minimum atomic E-state index is -1.12. The van der Waals surface area contributed by atoms with E-state index in [1.807, 2.05) is 24.3 Å². The molecule has 3 rings (SSSR count). The van der Waals surface area contributed by atoms with E-state index in [1.54, 1.807) is 6.07 Å². The maximum Gasteiger partial charge on any atom is 0.336 e. The molecule has 1 unspecified atom stereocenters. The molecule has 8 nitrogen and oxygen atoms in total. The zero-order valence-electron chi connectivity index (χ0n) is 16.5. The Balaban J connectivity index is 1.79. The number of nitrogens with one attached hydrogen (secondary N) is 1. The van der Waals surface area contributed by atoms with Gasteiger partial charge >= 0.3 is 5.97 Å². The number of β-amino-alcohol motifs (C(OH)–C–C–N with tert-alkyl or cyclic N) is 1. The summed E-state index contributed by atoms with van der Waals surface area (Å²) in [7, 11) is 0. The van der Waals surface area contributed by atoms with Gasteiger partial charge in [0.2, 0.25) is 0 Å². The van der Waals surface area contributed by atoms with Gasteiger partial charge in [-0.15, -0.1) is 0 Å². The number of hydrogen-bond acceptors (Lipinski definition) is 7. The average Bonchev–Trinajstić information content (AvgIpc) is 2.70. The first-order valence-electron chi connectivity index (χ1n) is 9.69. The van der Waals surface area contributed by atoms with Crippen molar-refractivity contribution < 1.29 is 20.1 Å². The van der Waals surface area contributed by atoms with Crippen molar-refractivity contribution in [2.75, 3.05) is 55.3 Å². The van der Waals surface area contributed by atoms with Crippen LogP contribution in [0.2, 0.25) is 0 Å². The molecule has 1 saturated heterocycles. The molecule has 0 bridgehead atoms. The van der Waals surface area contributed by atoms with Crippen LogP contribution in [-0.4, -0.2) is 65.5 Å². The number of carboxylic acid groups (broad SMARTS) is 1. The maximum atomic E-state index is 11.4. The van der Waals surface area contributed by atoms with Gasteiger partial charge < -0.3 is 31.3 Å². The summed E-state index contributed by atoms with van der Waals surface area (Å²) in [6, 6.07) is 11.0. The Bertz CT molecular complexity index is 864. The van der Waals surface area contributed by atoms with Gasteiger partial charge in [0.1, 0.15) is 0 Å². The molecule has 29 heavy (non-hydrogen) atoms. The largest absolute Gasteiger partial charge is 0.478 e. The first-order chi connectivity index (χ1) is 13.9. The van der Waals surface area contributed by atoms with Crippen LogP contribution in [0, 0.1) is 0 Å². The van der Waals surface area contributed by atoms with Crippen LogP contribution in [0.4, 0.5) is 22.7 Å². The fourth-order valence-electron chi connectivity index (χ4n) is 3.69. The Morgan fingerprint density at radius 3 is 2.55 bits per heavy atom. The van der Waals surface area contributed by atoms with E-state index in [-0.39, 0.29) is 23.4 Å². The lowest BCUT2D eigenvalue weighted by Crippen LogP contribution is -2.47. The topological polar surface area (TPSA) is 122 Å². The second-order valence-corrected chi connectivity index (χ2v) is 7.20. The molecule has 0 spiro atoms. The lowest BCUT2D eigenvalue weighted by atomic mass is 9.99. The summed E-state index contributed by atoms with van der Waals surface area (Å²) in [5, 5.41) is 31.7. The lowest BCUT2D eigenvalue weighted by Gasteiger charge is -2.36. The van der Waals surface area contributed by atoms with Crippen molar-refractivity contribution in [1.29, 1.82) is 0 Å². The summed E-state index contributed by atoms with van der Waals surface area (Å²) in [5.74, 6) is -1.12. The molecule has 0 radical (unpaired) electrons. The average molecular weight is 400 g/mol. The number of carbonyl (C=O) groups is 1. The highest BCUT2D eigenvalue weighted by Gasteiger charge is 2.20. The normalized spacial score (nSPS) is 15.9. The van der Waals surface area contributed by atoms with E-state index < -0.39 is 12.1 Å². The molecule has 156 valence electrons. The highest BCUT2D eigenvalue weighted by Crippen LogP contribution is 2.34. The van der Waals surface area contributed by atoms with Crippen LogP contribution in [0.15, 0.2) is 36.4 Å². The zero-order valence-corrected chi connectivity index (χ0v) is 16.5. The third-order valence-electron chi connectivity index (χ3n) is 5.21. The third kappa shape index (κ3) is 4.79. The van der Waals surface area contributed by atoms with E-state index in [2.05, 4.69) is 15.1 Å². The number of aromatic carboxylic acids is 1. The molecule has 1 atom stereocenters. The van der Waals surface area contributed by atoms with Crippen LogP contribution in [-0.2, 0) is 0 Å². The van der Waals surface area contributed by atoms with Crippen molar-refractivity contribution in [2.24, 2.45) is 0 Å². The van der Waals surface area contributed by atoms with Crippen LogP contribution in [0.25, 0.3) is 0 Å². The van der Waals surface area contributed by atoms with Gasteiger partial charge in [-0.05, 0) is 37.3 Å². The molecule has 0 saturated carbocycles. The maximum absolute atomic E-state index is 11.4. The summed E-state index contributed by atoms with van der Waals surface area (Å²) in [6.45, 7) is 5.94. The van der Waals surface area contributed by atoms with E-state index in [4.69, 9.17) is 10.8 Å². The molecule has 1 aliphatic rings. The molecule has 1 fully saturated rings. The first kappa shape index (κ1) is 20.9. The number of piperazine rings is 1. The standard InChI is InChI=1S/C21H28N4O4/c1-14(27)19-17(21(28)29)5-6-18(20(19)22)23-15-3-2-4-16(13-15)25-9-7-24(8-10-25)11-12-26/h2-6,13-14,23,26-27H,7-12,22H2,1H3,(H,28,29). The molecule has 0 aromatic heterocycles. The van der Waals surface area contributed by atoms with E-state index in [0.29, 0.717) is 12.2 Å². The molecule has 1 aliphatic heterocycles. The fraction of sp³-hybridized carbons (Fsp3) is 0.381. The van der Waals surface area contributed by atoms with Gasteiger partial charge in [0.25, 0.3) is 0 Å². The van der Waals surface area contributed by atoms with Crippen molar-refractivity contribution in [1.82, 2.24) is 4.90 Å². The van der Waals surface area contributed by atoms with Gasteiger partial charge in [-0.2, -0.15) is 0 Å². The van der Waals surface area contributed by atoms with Gasteiger partial charge in [0.05, 0.1) is 29.6 Å². The molecule has 1 heterocycles. The summed E-state index contributed by atoms with van der Waals surface area (Å²) in [4.78, 5) is 15.9. The van der Waals surface area contributed by atoms with Gasteiger partial charge in [0.15, 0.2) is 0 Å². The van der Waals surface area contributed by atoms with Gasteiger partial charge in [0, 0.05) is 49.7 Å². The number of benzene rings is 2. The van der Waals surface area contributed by atoms with Crippen molar-refractivity contribution in [3.05, 3.63) is 47.5 Å². The third-order valence-corrected chi connectivity index (χ3v) is 5.21. The number of hydrogen-bond donors (Lipinski definition) is 5. The Kier molecular flexibility index (Phi) is 6.58. The van der Waals surface area contributed by atoms with Crippen LogP contribution >= 0.6 is 0 Å². The summed E-state index contributed by atoms with van der Waals surface area (Å²) in [6.07, 6.45) is -0.996. The molecular formula is C21H28N4O4. The quantitative estimate of drug-likeness (QED) is 0.447.